The Morgan fingerprint density at radius 2 is 2.05 bits per heavy atom. The zero-order valence-electron chi connectivity index (χ0n) is 10.3. The third kappa shape index (κ3) is 2.48. The molecule has 2 heterocycles. The van der Waals surface area contributed by atoms with Crippen LogP contribution in [-0.2, 0) is 5.33 Å². The second kappa shape index (κ2) is 5.27. The molecule has 0 saturated carbocycles. The summed E-state index contributed by atoms with van der Waals surface area (Å²) in [7, 11) is 0. The fourth-order valence-electron chi connectivity index (χ4n) is 1.91. The van der Waals surface area contributed by atoms with E-state index < -0.39 is 0 Å². The summed E-state index contributed by atoms with van der Waals surface area (Å²) in [5.74, 6) is 1.17. The highest BCUT2D eigenvalue weighted by Crippen LogP contribution is 2.35. The Bertz CT molecular complexity index is 705. The van der Waals surface area contributed by atoms with Gasteiger partial charge in [-0.3, -0.25) is 0 Å². The van der Waals surface area contributed by atoms with Crippen LogP contribution in [0, 0.1) is 6.92 Å². The molecule has 3 rings (SSSR count). The maximum Gasteiger partial charge on any atom is 0.249 e. The highest BCUT2D eigenvalue weighted by atomic mass is 79.9. The quantitative estimate of drug-likeness (QED) is 0.653. The average Bonchev–Trinajstić information content (AvgIpc) is 3.07. The summed E-state index contributed by atoms with van der Waals surface area (Å²) in [5.41, 5.74) is 4.55. The minimum absolute atomic E-state index is 0.581. The highest BCUT2D eigenvalue weighted by molar-refractivity contribution is 9.08. The lowest BCUT2D eigenvalue weighted by Crippen LogP contribution is -1.83. The van der Waals surface area contributed by atoms with Crippen LogP contribution in [0.15, 0.2) is 39.4 Å². The van der Waals surface area contributed by atoms with Crippen molar-refractivity contribution in [3.05, 3.63) is 46.5 Å². The lowest BCUT2D eigenvalue weighted by molar-refractivity contribution is 0.533. The molecule has 0 fully saturated rings. The molecule has 0 aliphatic heterocycles. The highest BCUT2D eigenvalue weighted by Gasteiger charge is 2.14. The van der Waals surface area contributed by atoms with Gasteiger partial charge in [0.05, 0.1) is 5.56 Å². The molecule has 0 aliphatic carbocycles. The number of hydrogen-bond acceptors (Lipinski definition) is 4. The van der Waals surface area contributed by atoms with Crippen LogP contribution in [0.1, 0.15) is 11.5 Å². The number of thiophene rings is 1. The van der Waals surface area contributed by atoms with Crippen LogP contribution in [-0.4, -0.2) is 10.2 Å². The van der Waals surface area contributed by atoms with Crippen molar-refractivity contribution in [1.82, 2.24) is 10.2 Å². The fraction of sp³-hybridized carbons (Fsp3) is 0.143. The van der Waals surface area contributed by atoms with Crippen LogP contribution >= 0.6 is 27.3 Å². The van der Waals surface area contributed by atoms with E-state index in [1.54, 1.807) is 18.3 Å². The third-order valence-electron chi connectivity index (χ3n) is 2.81. The Hall–Kier alpha value is -1.46. The molecule has 1 aromatic carbocycles. The fourth-order valence-corrected chi connectivity index (χ4v) is 3.09. The molecule has 96 valence electrons. The van der Waals surface area contributed by atoms with Gasteiger partial charge in [0.2, 0.25) is 11.8 Å². The number of aromatic nitrogens is 2. The minimum atomic E-state index is 0.581. The predicted molar refractivity (Wildman–Crippen MR) is 80.4 cm³/mol. The molecule has 0 atom stereocenters. The molecular weight excluding hydrogens is 324 g/mol. The van der Waals surface area contributed by atoms with Gasteiger partial charge in [-0.1, -0.05) is 40.2 Å². The second-order valence-electron chi connectivity index (χ2n) is 4.16. The molecule has 0 spiro atoms. The van der Waals surface area contributed by atoms with Gasteiger partial charge in [0.1, 0.15) is 0 Å². The maximum atomic E-state index is 5.52. The van der Waals surface area contributed by atoms with Crippen LogP contribution in [0.4, 0.5) is 0 Å². The number of hydrogen-bond donors (Lipinski definition) is 0. The van der Waals surface area contributed by atoms with Crippen molar-refractivity contribution in [3.63, 3.8) is 0 Å². The summed E-state index contributed by atoms with van der Waals surface area (Å²) < 4.78 is 5.52. The molecule has 3 aromatic rings. The molecule has 0 aliphatic rings. The summed E-state index contributed by atoms with van der Waals surface area (Å²) in [6.45, 7) is 1.80. The van der Waals surface area contributed by atoms with Gasteiger partial charge >= 0.3 is 0 Å². The number of benzene rings is 1. The van der Waals surface area contributed by atoms with Gasteiger partial charge in [0, 0.05) is 23.2 Å². The summed E-state index contributed by atoms with van der Waals surface area (Å²) in [4.78, 5) is 0. The normalized spacial score (nSPS) is 10.8. The topological polar surface area (TPSA) is 38.9 Å². The molecule has 0 saturated heterocycles. The Morgan fingerprint density at radius 1 is 1.21 bits per heavy atom. The Balaban J connectivity index is 2.09. The lowest BCUT2D eigenvalue weighted by atomic mass is 10.0. The Morgan fingerprint density at radius 3 is 2.79 bits per heavy atom. The zero-order chi connectivity index (χ0) is 13.2. The number of rotatable bonds is 3. The van der Waals surface area contributed by atoms with Gasteiger partial charge in [0.25, 0.3) is 0 Å². The SMILES string of the molecule is Cc1nnc(-c2cscc2-c2cccc(CBr)c2)o1. The van der Waals surface area contributed by atoms with Crippen LogP contribution in [0.25, 0.3) is 22.6 Å². The third-order valence-corrected chi connectivity index (χ3v) is 4.20. The molecule has 0 radical (unpaired) electrons. The van der Waals surface area contributed by atoms with E-state index in [0.717, 1.165) is 16.5 Å². The maximum absolute atomic E-state index is 5.52. The van der Waals surface area contributed by atoms with E-state index in [9.17, 15) is 0 Å². The summed E-state index contributed by atoms with van der Waals surface area (Å²) >= 11 is 5.12. The van der Waals surface area contributed by atoms with E-state index in [0.29, 0.717) is 11.8 Å². The van der Waals surface area contributed by atoms with Crippen molar-refractivity contribution < 1.29 is 4.42 Å². The van der Waals surface area contributed by atoms with Crippen molar-refractivity contribution in [3.8, 4) is 22.6 Å². The van der Waals surface area contributed by atoms with Crippen molar-refractivity contribution in [2.24, 2.45) is 0 Å². The van der Waals surface area contributed by atoms with E-state index >= 15 is 0 Å². The van der Waals surface area contributed by atoms with Gasteiger partial charge < -0.3 is 4.42 Å². The number of alkyl halides is 1. The minimum Gasteiger partial charge on any atom is -0.421 e. The zero-order valence-corrected chi connectivity index (χ0v) is 12.7. The second-order valence-corrected chi connectivity index (χ2v) is 5.46. The van der Waals surface area contributed by atoms with E-state index in [-0.39, 0.29) is 0 Å². The Kier molecular flexibility index (Phi) is 3.48. The Labute approximate surface area is 123 Å². The first kappa shape index (κ1) is 12.6. The molecule has 0 bridgehead atoms. The van der Waals surface area contributed by atoms with Gasteiger partial charge in [-0.15, -0.1) is 10.2 Å². The first-order valence-electron chi connectivity index (χ1n) is 5.80. The number of nitrogens with zero attached hydrogens (tertiary/aromatic N) is 2. The summed E-state index contributed by atoms with van der Waals surface area (Å²) in [6.07, 6.45) is 0. The first-order chi connectivity index (χ1) is 9.28. The molecule has 5 heteroatoms. The average molecular weight is 335 g/mol. The molecule has 0 amide bonds. The summed E-state index contributed by atoms with van der Waals surface area (Å²) in [6, 6.07) is 8.43. The van der Waals surface area contributed by atoms with E-state index in [2.05, 4.69) is 55.8 Å². The van der Waals surface area contributed by atoms with E-state index in [1.807, 2.05) is 5.38 Å². The van der Waals surface area contributed by atoms with Crippen LogP contribution in [0.3, 0.4) is 0 Å². The van der Waals surface area contributed by atoms with Crippen LogP contribution < -0.4 is 0 Å². The largest absolute Gasteiger partial charge is 0.421 e. The van der Waals surface area contributed by atoms with Gasteiger partial charge in [-0.2, -0.15) is 11.3 Å². The number of halogens is 1. The van der Waals surface area contributed by atoms with Gasteiger partial charge in [-0.05, 0) is 16.5 Å². The standard InChI is InChI=1S/C14H11BrN2OS/c1-9-16-17-14(18-9)13-8-19-7-12(13)11-4-2-3-10(5-11)6-15/h2-5,7-8H,6H2,1H3. The smallest absolute Gasteiger partial charge is 0.249 e. The molecule has 2 aromatic heterocycles. The lowest BCUT2D eigenvalue weighted by Gasteiger charge is -2.03. The summed E-state index contributed by atoms with van der Waals surface area (Å²) in [5, 5.41) is 13.0. The number of aryl methyl sites for hydroxylation is 1. The van der Waals surface area contributed by atoms with Crippen LogP contribution in [0.2, 0.25) is 0 Å². The monoisotopic (exact) mass is 334 g/mol. The molecule has 0 N–H and O–H groups in total. The van der Waals surface area contributed by atoms with Crippen molar-refractivity contribution in [2.75, 3.05) is 0 Å². The predicted octanol–water partition coefficient (Wildman–Crippen LogP) is 4.67. The van der Waals surface area contributed by atoms with Crippen molar-refractivity contribution in [2.45, 2.75) is 12.3 Å². The van der Waals surface area contributed by atoms with E-state index in [1.165, 1.54) is 11.1 Å². The van der Waals surface area contributed by atoms with Crippen molar-refractivity contribution in [1.29, 1.82) is 0 Å². The van der Waals surface area contributed by atoms with E-state index in [4.69, 9.17) is 4.42 Å². The molecular formula is C14H11BrN2OS. The molecule has 0 unspecified atom stereocenters. The van der Waals surface area contributed by atoms with Gasteiger partial charge in [0.15, 0.2) is 0 Å². The van der Waals surface area contributed by atoms with Gasteiger partial charge in [-0.25, -0.2) is 0 Å². The molecule has 19 heavy (non-hydrogen) atoms. The van der Waals surface area contributed by atoms with Crippen molar-refractivity contribution >= 4 is 27.3 Å². The first-order valence-corrected chi connectivity index (χ1v) is 7.86. The molecule has 3 nitrogen and oxygen atoms in total. The van der Waals surface area contributed by atoms with Crippen LogP contribution in [0.5, 0.6) is 0 Å².